The minimum absolute atomic E-state index is 0.100. The van der Waals surface area contributed by atoms with E-state index in [4.69, 9.17) is 4.74 Å². The number of rotatable bonds is 8. The van der Waals surface area contributed by atoms with Crippen LogP contribution in [0.15, 0.2) is 42.5 Å². The lowest BCUT2D eigenvalue weighted by Crippen LogP contribution is -2.25. The van der Waals surface area contributed by atoms with E-state index in [1.165, 1.54) is 19.1 Å². The van der Waals surface area contributed by atoms with Crippen LogP contribution in [0.2, 0.25) is 0 Å². The molecule has 0 aliphatic heterocycles. The van der Waals surface area contributed by atoms with Crippen LogP contribution in [0.1, 0.15) is 25.3 Å². The first-order valence-corrected chi connectivity index (χ1v) is 6.89. The number of carbonyl (C=O) groups is 2. The average molecular weight is 291 g/mol. The van der Waals surface area contributed by atoms with Crippen LogP contribution in [0.3, 0.4) is 0 Å². The number of aliphatic hydroxyl groups excluding tert-OH is 1. The molecule has 0 aliphatic carbocycles. The summed E-state index contributed by atoms with van der Waals surface area (Å²) in [6.45, 7) is 2.07. The highest BCUT2D eigenvalue weighted by atomic mass is 16.5. The highest BCUT2D eigenvalue weighted by Crippen LogP contribution is 2.01. The van der Waals surface area contributed by atoms with Gasteiger partial charge in [0.1, 0.15) is 6.61 Å². The Morgan fingerprint density at radius 2 is 2.05 bits per heavy atom. The topological polar surface area (TPSA) is 75.6 Å². The summed E-state index contributed by atoms with van der Waals surface area (Å²) in [5.41, 5.74) is 0.928. The molecule has 1 aromatic carbocycles. The molecule has 0 spiro atoms. The minimum Gasteiger partial charge on any atom is -0.445 e. The van der Waals surface area contributed by atoms with Crippen molar-refractivity contribution in [3.8, 4) is 0 Å². The maximum atomic E-state index is 11.4. The van der Waals surface area contributed by atoms with Crippen molar-refractivity contribution < 1.29 is 19.4 Å². The second-order valence-corrected chi connectivity index (χ2v) is 4.67. The van der Waals surface area contributed by atoms with Crippen LogP contribution in [0.25, 0.3) is 0 Å². The second kappa shape index (κ2) is 9.72. The molecule has 0 fully saturated rings. The van der Waals surface area contributed by atoms with Crippen molar-refractivity contribution in [1.82, 2.24) is 5.32 Å². The van der Waals surface area contributed by atoms with E-state index in [2.05, 4.69) is 5.32 Å². The van der Waals surface area contributed by atoms with Gasteiger partial charge in [-0.15, -0.1) is 0 Å². The quantitative estimate of drug-likeness (QED) is 0.568. The molecule has 0 heterocycles. The SMILES string of the molecule is CC(=O)/C=C/[C@H](O)CCCNC(=O)OCc1ccccc1. The number of ether oxygens (including phenoxy) is 1. The maximum absolute atomic E-state index is 11.4. The van der Waals surface area contributed by atoms with Crippen molar-refractivity contribution >= 4 is 11.9 Å². The Hall–Kier alpha value is -2.14. The Balaban J connectivity index is 2.09. The molecule has 0 aromatic heterocycles. The number of alkyl carbamates (subject to hydrolysis) is 1. The van der Waals surface area contributed by atoms with E-state index in [-0.39, 0.29) is 12.4 Å². The Labute approximate surface area is 124 Å². The van der Waals surface area contributed by atoms with Crippen LogP contribution in [0.4, 0.5) is 4.79 Å². The number of carbonyl (C=O) groups excluding carboxylic acids is 2. The molecular weight excluding hydrogens is 270 g/mol. The number of allylic oxidation sites excluding steroid dienone is 1. The number of ketones is 1. The van der Waals surface area contributed by atoms with Crippen molar-refractivity contribution in [3.05, 3.63) is 48.0 Å². The molecule has 0 saturated heterocycles. The molecule has 1 amide bonds. The van der Waals surface area contributed by atoms with E-state index < -0.39 is 12.2 Å². The lowest BCUT2D eigenvalue weighted by molar-refractivity contribution is -0.112. The predicted octanol–water partition coefficient (Wildman–Crippen LogP) is 2.20. The zero-order valence-corrected chi connectivity index (χ0v) is 12.1. The van der Waals surface area contributed by atoms with Crippen LogP contribution in [-0.4, -0.2) is 29.6 Å². The lowest BCUT2D eigenvalue weighted by Gasteiger charge is -2.08. The zero-order valence-electron chi connectivity index (χ0n) is 12.1. The maximum Gasteiger partial charge on any atom is 0.407 e. The molecule has 1 rings (SSSR count). The molecule has 1 aromatic rings. The molecule has 5 heteroatoms. The van der Waals surface area contributed by atoms with Crippen LogP contribution in [0.5, 0.6) is 0 Å². The molecule has 1 atom stereocenters. The molecular formula is C16H21NO4. The van der Waals surface area contributed by atoms with Gasteiger partial charge >= 0.3 is 6.09 Å². The van der Waals surface area contributed by atoms with Gasteiger partial charge in [-0.1, -0.05) is 36.4 Å². The van der Waals surface area contributed by atoms with Gasteiger partial charge in [0.25, 0.3) is 0 Å². The van der Waals surface area contributed by atoms with Crippen LogP contribution < -0.4 is 5.32 Å². The summed E-state index contributed by atoms with van der Waals surface area (Å²) in [5, 5.41) is 12.1. The summed E-state index contributed by atoms with van der Waals surface area (Å²) in [6, 6.07) is 9.42. The first-order valence-electron chi connectivity index (χ1n) is 6.89. The first kappa shape index (κ1) is 16.9. The largest absolute Gasteiger partial charge is 0.445 e. The fraction of sp³-hybridized carbons (Fsp3) is 0.375. The summed E-state index contributed by atoms with van der Waals surface area (Å²) < 4.78 is 5.04. The molecule has 5 nitrogen and oxygen atoms in total. The predicted molar refractivity (Wildman–Crippen MR) is 79.7 cm³/mol. The monoisotopic (exact) mass is 291 g/mol. The summed E-state index contributed by atoms with van der Waals surface area (Å²) in [7, 11) is 0. The number of amides is 1. The Morgan fingerprint density at radius 3 is 2.71 bits per heavy atom. The number of hydrogen-bond donors (Lipinski definition) is 2. The lowest BCUT2D eigenvalue weighted by atomic mass is 10.2. The van der Waals surface area contributed by atoms with Crippen molar-refractivity contribution in [2.24, 2.45) is 0 Å². The zero-order chi connectivity index (χ0) is 15.5. The van der Waals surface area contributed by atoms with Gasteiger partial charge in [-0.3, -0.25) is 4.79 Å². The van der Waals surface area contributed by atoms with Crippen molar-refractivity contribution in [2.75, 3.05) is 6.54 Å². The fourth-order valence-corrected chi connectivity index (χ4v) is 1.62. The summed E-state index contributed by atoms with van der Waals surface area (Å²) in [5.74, 6) is -0.100. The average Bonchev–Trinajstić information content (AvgIpc) is 2.48. The molecule has 21 heavy (non-hydrogen) atoms. The van der Waals surface area contributed by atoms with Gasteiger partial charge in [0.2, 0.25) is 0 Å². The van der Waals surface area contributed by atoms with E-state index in [1.807, 2.05) is 30.3 Å². The van der Waals surface area contributed by atoms with Crippen molar-refractivity contribution in [1.29, 1.82) is 0 Å². The highest BCUT2D eigenvalue weighted by molar-refractivity contribution is 5.87. The minimum atomic E-state index is -0.670. The standard InChI is InChI=1S/C16H21NO4/c1-13(18)9-10-15(19)8-5-11-17-16(20)21-12-14-6-3-2-4-7-14/h2-4,6-7,9-10,15,19H,5,8,11-12H2,1H3,(H,17,20)/b10-9+/t15-/m1/s1. The van der Waals surface area contributed by atoms with E-state index in [1.54, 1.807) is 0 Å². The fourth-order valence-electron chi connectivity index (χ4n) is 1.62. The molecule has 0 saturated carbocycles. The first-order chi connectivity index (χ1) is 10.1. The normalized spacial score (nSPS) is 12.1. The Kier molecular flexibility index (Phi) is 7.82. The van der Waals surface area contributed by atoms with Crippen molar-refractivity contribution in [3.63, 3.8) is 0 Å². The highest BCUT2D eigenvalue weighted by Gasteiger charge is 2.03. The molecule has 2 N–H and O–H groups in total. The number of benzene rings is 1. The number of hydrogen-bond acceptors (Lipinski definition) is 4. The van der Waals surface area contributed by atoms with Crippen LogP contribution in [0, 0.1) is 0 Å². The van der Waals surface area contributed by atoms with Gasteiger partial charge < -0.3 is 15.2 Å². The third-order valence-electron chi connectivity index (χ3n) is 2.71. The van der Waals surface area contributed by atoms with Gasteiger partial charge in [0.15, 0.2) is 5.78 Å². The van der Waals surface area contributed by atoms with E-state index in [0.29, 0.717) is 19.4 Å². The molecule has 114 valence electrons. The van der Waals surface area contributed by atoms with E-state index >= 15 is 0 Å². The van der Waals surface area contributed by atoms with E-state index in [0.717, 1.165) is 5.56 Å². The number of nitrogens with one attached hydrogen (secondary N) is 1. The van der Waals surface area contributed by atoms with Crippen LogP contribution in [-0.2, 0) is 16.1 Å². The third-order valence-corrected chi connectivity index (χ3v) is 2.71. The van der Waals surface area contributed by atoms with Crippen molar-refractivity contribution in [2.45, 2.75) is 32.5 Å². The van der Waals surface area contributed by atoms with Gasteiger partial charge in [0, 0.05) is 6.54 Å². The second-order valence-electron chi connectivity index (χ2n) is 4.67. The summed E-state index contributed by atoms with van der Waals surface area (Å²) in [4.78, 5) is 22.1. The number of aliphatic hydroxyl groups is 1. The van der Waals surface area contributed by atoms with Gasteiger partial charge in [-0.05, 0) is 31.4 Å². The Morgan fingerprint density at radius 1 is 1.33 bits per heavy atom. The van der Waals surface area contributed by atoms with E-state index in [9.17, 15) is 14.7 Å². The molecule has 0 unspecified atom stereocenters. The smallest absolute Gasteiger partial charge is 0.407 e. The van der Waals surface area contributed by atoms with Crippen LogP contribution >= 0.6 is 0 Å². The summed E-state index contributed by atoms with van der Waals surface area (Å²) >= 11 is 0. The van der Waals surface area contributed by atoms with Gasteiger partial charge in [-0.25, -0.2) is 4.79 Å². The molecule has 0 radical (unpaired) electrons. The van der Waals surface area contributed by atoms with Gasteiger partial charge in [-0.2, -0.15) is 0 Å². The molecule has 0 aliphatic rings. The summed E-state index contributed by atoms with van der Waals surface area (Å²) in [6.07, 6.45) is 2.72. The van der Waals surface area contributed by atoms with Gasteiger partial charge in [0.05, 0.1) is 6.10 Å². The third kappa shape index (κ3) is 8.60. The molecule has 0 bridgehead atoms. The Bertz CT molecular complexity index is 470.